The maximum absolute atomic E-state index is 12.6. The summed E-state index contributed by atoms with van der Waals surface area (Å²) in [5.41, 5.74) is 1.49. The Labute approximate surface area is 189 Å². The molecule has 3 aromatic rings. The summed E-state index contributed by atoms with van der Waals surface area (Å²) in [6, 6.07) is 7.23. The lowest BCUT2D eigenvalue weighted by atomic mass is 10.1. The number of halogens is 1. The summed E-state index contributed by atoms with van der Waals surface area (Å²) >= 11 is 7.43. The molecule has 3 N–H and O–H groups in total. The van der Waals surface area contributed by atoms with E-state index in [0.717, 1.165) is 31.5 Å². The fourth-order valence-corrected chi connectivity index (χ4v) is 4.25. The van der Waals surface area contributed by atoms with Gasteiger partial charge < -0.3 is 20.7 Å². The average molecular weight is 459 g/mol. The van der Waals surface area contributed by atoms with Gasteiger partial charge in [-0.3, -0.25) is 4.79 Å². The summed E-state index contributed by atoms with van der Waals surface area (Å²) in [5, 5.41) is 10.4. The van der Waals surface area contributed by atoms with Crippen molar-refractivity contribution in [3.05, 3.63) is 51.7 Å². The number of hydrogen-bond donors (Lipinski definition) is 3. The van der Waals surface area contributed by atoms with E-state index in [2.05, 4.69) is 30.9 Å². The number of benzene rings is 1. The van der Waals surface area contributed by atoms with Gasteiger partial charge in [-0.15, -0.1) is 0 Å². The second-order valence-corrected chi connectivity index (χ2v) is 8.68. The van der Waals surface area contributed by atoms with Crippen LogP contribution in [-0.4, -0.2) is 40.1 Å². The average Bonchev–Trinajstić information content (AvgIpc) is 3.19. The Bertz CT molecular complexity index is 1060. The van der Waals surface area contributed by atoms with Crippen molar-refractivity contribution >= 4 is 45.5 Å². The zero-order valence-corrected chi connectivity index (χ0v) is 18.8. The molecule has 0 saturated carbocycles. The molecule has 1 aliphatic rings. The Morgan fingerprint density at radius 3 is 2.84 bits per heavy atom. The summed E-state index contributed by atoms with van der Waals surface area (Å²) in [6.07, 6.45) is 3.56. The van der Waals surface area contributed by atoms with E-state index in [9.17, 15) is 4.79 Å². The van der Waals surface area contributed by atoms with Crippen molar-refractivity contribution in [1.82, 2.24) is 20.3 Å². The molecule has 4 rings (SSSR count). The summed E-state index contributed by atoms with van der Waals surface area (Å²) in [4.78, 5) is 26.2. The normalized spacial score (nSPS) is 14.3. The molecule has 1 aromatic carbocycles. The van der Waals surface area contributed by atoms with E-state index in [-0.39, 0.29) is 12.0 Å². The number of rotatable bonds is 6. The van der Waals surface area contributed by atoms with Crippen LogP contribution in [0.4, 0.5) is 16.6 Å². The topological polar surface area (TPSA) is 101 Å². The van der Waals surface area contributed by atoms with Crippen LogP contribution in [0.1, 0.15) is 33.9 Å². The highest BCUT2D eigenvalue weighted by Gasteiger charge is 2.17. The van der Waals surface area contributed by atoms with E-state index in [4.69, 9.17) is 16.3 Å². The molecule has 0 bridgehead atoms. The predicted octanol–water partition coefficient (Wildman–Crippen LogP) is 4.33. The molecule has 0 spiro atoms. The largest absolute Gasteiger partial charge is 0.474 e. The third-order valence-corrected chi connectivity index (χ3v) is 6.04. The molecule has 0 radical (unpaired) electrons. The summed E-state index contributed by atoms with van der Waals surface area (Å²) in [7, 11) is 0. The quantitative estimate of drug-likeness (QED) is 0.505. The minimum Gasteiger partial charge on any atom is -0.474 e. The Balaban J connectivity index is 1.44. The fourth-order valence-electron chi connectivity index (χ4n) is 3.26. The number of nitrogens with one attached hydrogen (secondary N) is 3. The highest BCUT2D eigenvalue weighted by Crippen LogP contribution is 2.28. The van der Waals surface area contributed by atoms with Crippen LogP contribution >= 0.6 is 22.9 Å². The van der Waals surface area contributed by atoms with Crippen molar-refractivity contribution in [3.8, 4) is 5.88 Å². The Morgan fingerprint density at radius 1 is 1.26 bits per heavy atom. The second kappa shape index (κ2) is 9.59. The molecule has 0 aliphatic carbocycles. The molecule has 1 saturated heterocycles. The lowest BCUT2D eigenvalue weighted by Gasteiger charge is -2.23. The van der Waals surface area contributed by atoms with Gasteiger partial charge in [0.05, 0.1) is 16.9 Å². The molecule has 10 heteroatoms. The highest BCUT2D eigenvalue weighted by molar-refractivity contribution is 7.17. The Kier molecular flexibility index (Phi) is 6.64. The molecule has 1 aliphatic heterocycles. The number of hydrogen-bond acceptors (Lipinski definition) is 8. The van der Waals surface area contributed by atoms with E-state index in [1.54, 1.807) is 12.1 Å². The first-order valence-electron chi connectivity index (χ1n) is 10.0. The van der Waals surface area contributed by atoms with E-state index in [1.807, 2.05) is 26.0 Å². The van der Waals surface area contributed by atoms with Crippen LogP contribution in [0.2, 0.25) is 5.02 Å². The number of amides is 1. The number of anilines is 3. The smallest absolute Gasteiger partial charge is 0.267 e. The minimum absolute atomic E-state index is 0.145. The number of carbonyl (C=O) groups is 1. The molecule has 0 atom stereocenters. The molecule has 8 nitrogen and oxygen atoms in total. The van der Waals surface area contributed by atoms with Crippen molar-refractivity contribution < 1.29 is 9.53 Å². The van der Waals surface area contributed by atoms with Crippen LogP contribution in [0.5, 0.6) is 5.88 Å². The summed E-state index contributed by atoms with van der Waals surface area (Å²) in [5.74, 6) is 1.43. The number of ether oxygens (including phenoxy) is 1. The zero-order valence-electron chi connectivity index (χ0n) is 17.2. The van der Waals surface area contributed by atoms with E-state index in [1.165, 1.54) is 17.5 Å². The molecular weight excluding hydrogens is 436 g/mol. The van der Waals surface area contributed by atoms with Crippen LogP contribution in [0.15, 0.2) is 30.5 Å². The fraction of sp³-hybridized carbons (Fsp3) is 0.333. The van der Waals surface area contributed by atoms with Crippen LogP contribution < -0.4 is 20.7 Å². The van der Waals surface area contributed by atoms with Crippen LogP contribution in [0.3, 0.4) is 0 Å². The SMILES string of the molecule is Cc1nc(Nc2ncc(C(=O)Nc3c(C)cccc3Cl)s2)cc(OC2CCNCC2)n1. The molecule has 2 aromatic heterocycles. The number of nitrogens with zero attached hydrogens (tertiary/aromatic N) is 3. The van der Waals surface area contributed by atoms with Gasteiger partial charge in [-0.25, -0.2) is 9.97 Å². The van der Waals surface area contributed by atoms with E-state index >= 15 is 0 Å². The number of aromatic nitrogens is 3. The first-order valence-corrected chi connectivity index (χ1v) is 11.2. The van der Waals surface area contributed by atoms with Gasteiger partial charge in [0.15, 0.2) is 5.13 Å². The predicted molar refractivity (Wildman–Crippen MR) is 123 cm³/mol. The summed E-state index contributed by atoms with van der Waals surface area (Å²) < 4.78 is 6.02. The monoisotopic (exact) mass is 458 g/mol. The van der Waals surface area contributed by atoms with Gasteiger partial charge >= 0.3 is 0 Å². The minimum atomic E-state index is -0.268. The van der Waals surface area contributed by atoms with Crippen molar-refractivity contribution in [2.24, 2.45) is 0 Å². The molecule has 0 unspecified atom stereocenters. The first kappa shape index (κ1) is 21.5. The molecule has 162 valence electrons. The maximum Gasteiger partial charge on any atom is 0.267 e. The maximum atomic E-state index is 12.6. The highest BCUT2D eigenvalue weighted by atomic mass is 35.5. The van der Waals surface area contributed by atoms with Crippen molar-refractivity contribution in [2.75, 3.05) is 23.7 Å². The lowest BCUT2D eigenvalue weighted by Crippen LogP contribution is -2.34. The number of piperidine rings is 1. The lowest BCUT2D eigenvalue weighted by molar-refractivity contribution is 0.103. The number of thiazole rings is 1. The van der Waals surface area contributed by atoms with Gasteiger partial charge in [-0.1, -0.05) is 35.1 Å². The Hall–Kier alpha value is -2.75. The summed E-state index contributed by atoms with van der Waals surface area (Å²) in [6.45, 7) is 5.59. The van der Waals surface area contributed by atoms with Crippen molar-refractivity contribution in [2.45, 2.75) is 32.8 Å². The number of carbonyl (C=O) groups excluding carboxylic acids is 1. The van der Waals surface area contributed by atoms with Crippen molar-refractivity contribution in [1.29, 1.82) is 0 Å². The van der Waals surface area contributed by atoms with Gasteiger partial charge in [0, 0.05) is 6.07 Å². The number of para-hydroxylation sites is 1. The standard InChI is InChI=1S/C21H23ClN6O2S/c1-12-4-3-5-15(22)19(12)28-20(29)16-11-24-21(31-16)27-17-10-18(26-13(2)25-17)30-14-6-8-23-9-7-14/h3-5,10-11,14,23H,6-9H2,1-2H3,(H,28,29)(H,24,25,26,27). The van der Waals surface area contributed by atoms with Gasteiger partial charge in [-0.05, 0) is 51.4 Å². The first-order chi connectivity index (χ1) is 15.0. The molecule has 1 amide bonds. The second-order valence-electron chi connectivity index (χ2n) is 7.25. The van der Waals surface area contributed by atoms with Gasteiger partial charge in [-0.2, -0.15) is 4.98 Å². The Morgan fingerprint density at radius 2 is 2.06 bits per heavy atom. The zero-order chi connectivity index (χ0) is 21.8. The van der Waals surface area contributed by atoms with Crippen LogP contribution in [0.25, 0.3) is 0 Å². The van der Waals surface area contributed by atoms with Gasteiger partial charge in [0.1, 0.15) is 22.6 Å². The molecule has 1 fully saturated rings. The van der Waals surface area contributed by atoms with Gasteiger partial charge in [0.25, 0.3) is 5.91 Å². The van der Waals surface area contributed by atoms with E-state index < -0.39 is 0 Å². The van der Waals surface area contributed by atoms with Crippen LogP contribution in [-0.2, 0) is 0 Å². The third-order valence-electron chi connectivity index (χ3n) is 4.81. The third kappa shape index (κ3) is 5.49. The van der Waals surface area contributed by atoms with E-state index in [0.29, 0.717) is 38.2 Å². The molecule has 3 heterocycles. The van der Waals surface area contributed by atoms with Crippen LogP contribution in [0, 0.1) is 13.8 Å². The van der Waals surface area contributed by atoms with Gasteiger partial charge in [0.2, 0.25) is 5.88 Å². The molecule has 31 heavy (non-hydrogen) atoms. The van der Waals surface area contributed by atoms with Crippen molar-refractivity contribution in [3.63, 3.8) is 0 Å². The number of aryl methyl sites for hydroxylation is 2. The molecular formula is C21H23ClN6O2S.